The summed E-state index contributed by atoms with van der Waals surface area (Å²) in [5, 5.41) is 0. The van der Waals surface area contributed by atoms with Gasteiger partial charge in [0, 0.05) is 13.6 Å². The molecule has 0 radical (unpaired) electrons. The molecule has 1 aromatic rings. The summed E-state index contributed by atoms with van der Waals surface area (Å²) in [5.74, 6) is 0.672. The van der Waals surface area contributed by atoms with Gasteiger partial charge in [0.25, 0.3) is 0 Å². The van der Waals surface area contributed by atoms with Gasteiger partial charge in [0.2, 0.25) is 11.8 Å². The standard InChI is InChI=1S/C13H15BrN2O3/c1-15-7-13(18)16(8-12(15)17)6-9-3-4-11(19-2)10(14)5-9/h3-5H,6-8H2,1-2H3. The number of rotatable bonds is 3. The summed E-state index contributed by atoms with van der Waals surface area (Å²) in [5.41, 5.74) is 0.957. The van der Waals surface area contributed by atoms with Gasteiger partial charge in [0.15, 0.2) is 0 Å². The van der Waals surface area contributed by atoms with Crippen molar-refractivity contribution in [2.45, 2.75) is 6.54 Å². The zero-order chi connectivity index (χ0) is 14.0. The van der Waals surface area contributed by atoms with Crippen molar-refractivity contribution in [3.8, 4) is 5.75 Å². The molecule has 2 amide bonds. The number of ether oxygens (including phenoxy) is 1. The van der Waals surface area contributed by atoms with E-state index in [0.717, 1.165) is 15.8 Å². The van der Waals surface area contributed by atoms with Gasteiger partial charge in [-0.1, -0.05) is 6.07 Å². The highest BCUT2D eigenvalue weighted by Gasteiger charge is 2.27. The van der Waals surface area contributed by atoms with Crippen LogP contribution in [0.3, 0.4) is 0 Å². The van der Waals surface area contributed by atoms with E-state index >= 15 is 0 Å². The lowest BCUT2D eigenvalue weighted by Crippen LogP contribution is -2.51. The minimum Gasteiger partial charge on any atom is -0.496 e. The SMILES string of the molecule is COc1ccc(CN2CC(=O)N(C)CC2=O)cc1Br. The molecule has 2 rings (SSSR count). The highest BCUT2D eigenvalue weighted by Crippen LogP contribution is 2.26. The van der Waals surface area contributed by atoms with Gasteiger partial charge in [-0.25, -0.2) is 0 Å². The van der Waals surface area contributed by atoms with Crippen LogP contribution in [0.5, 0.6) is 5.75 Å². The van der Waals surface area contributed by atoms with Crippen LogP contribution in [-0.4, -0.2) is 48.9 Å². The van der Waals surface area contributed by atoms with Gasteiger partial charge in [0.05, 0.1) is 18.1 Å². The Morgan fingerprint density at radius 2 is 2.00 bits per heavy atom. The molecule has 1 fully saturated rings. The zero-order valence-electron chi connectivity index (χ0n) is 10.9. The van der Waals surface area contributed by atoms with Crippen LogP contribution in [-0.2, 0) is 16.1 Å². The van der Waals surface area contributed by atoms with E-state index in [1.54, 1.807) is 19.1 Å². The number of hydrogen-bond donors (Lipinski definition) is 0. The summed E-state index contributed by atoms with van der Waals surface area (Å²) in [6.45, 7) is 0.718. The molecule has 6 heteroatoms. The van der Waals surface area contributed by atoms with Crippen LogP contribution in [0, 0.1) is 0 Å². The summed E-state index contributed by atoms with van der Waals surface area (Å²) < 4.78 is 5.99. The molecule has 1 aliphatic heterocycles. The van der Waals surface area contributed by atoms with Crippen LogP contribution in [0.25, 0.3) is 0 Å². The van der Waals surface area contributed by atoms with Crippen LogP contribution in [0.4, 0.5) is 0 Å². The van der Waals surface area contributed by atoms with Gasteiger partial charge in [-0.2, -0.15) is 0 Å². The molecule has 0 unspecified atom stereocenters. The van der Waals surface area contributed by atoms with Crippen molar-refractivity contribution >= 4 is 27.7 Å². The van der Waals surface area contributed by atoms with Crippen molar-refractivity contribution in [2.24, 2.45) is 0 Å². The van der Waals surface area contributed by atoms with E-state index < -0.39 is 0 Å². The van der Waals surface area contributed by atoms with E-state index in [1.807, 2.05) is 18.2 Å². The minimum atomic E-state index is -0.0350. The maximum atomic E-state index is 11.9. The molecule has 19 heavy (non-hydrogen) atoms. The average molecular weight is 327 g/mol. The van der Waals surface area contributed by atoms with Gasteiger partial charge in [-0.3, -0.25) is 9.59 Å². The lowest BCUT2D eigenvalue weighted by Gasteiger charge is -2.31. The van der Waals surface area contributed by atoms with Crippen LogP contribution in [0.1, 0.15) is 5.56 Å². The first-order valence-electron chi connectivity index (χ1n) is 5.85. The van der Waals surface area contributed by atoms with Crippen molar-refractivity contribution in [2.75, 3.05) is 27.2 Å². The van der Waals surface area contributed by atoms with Crippen molar-refractivity contribution in [1.29, 1.82) is 0 Å². The van der Waals surface area contributed by atoms with Gasteiger partial charge in [-0.05, 0) is 33.6 Å². The van der Waals surface area contributed by atoms with E-state index in [-0.39, 0.29) is 24.9 Å². The Labute approximate surface area is 120 Å². The summed E-state index contributed by atoms with van der Waals surface area (Å²) in [6, 6.07) is 5.62. The maximum Gasteiger partial charge on any atom is 0.242 e. The van der Waals surface area contributed by atoms with Gasteiger partial charge in [0.1, 0.15) is 12.3 Å². The largest absolute Gasteiger partial charge is 0.496 e. The van der Waals surface area contributed by atoms with Gasteiger partial charge in [-0.15, -0.1) is 0 Å². The van der Waals surface area contributed by atoms with E-state index in [9.17, 15) is 9.59 Å². The monoisotopic (exact) mass is 326 g/mol. The Bertz CT molecular complexity index is 519. The van der Waals surface area contributed by atoms with E-state index in [2.05, 4.69) is 15.9 Å². The van der Waals surface area contributed by atoms with Crippen LogP contribution < -0.4 is 4.74 Å². The Kier molecular flexibility index (Phi) is 4.09. The summed E-state index contributed by atoms with van der Waals surface area (Å²) in [7, 11) is 3.24. The second kappa shape index (κ2) is 5.61. The Morgan fingerprint density at radius 1 is 1.26 bits per heavy atom. The first kappa shape index (κ1) is 13.9. The van der Waals surface area contributed by atoms with Crippen LogP contribution >= 0.6 is 15.9 Å². The van der Waals surface area contributed by atoms with Crippen LogP contribution in [0.15, 0.2) is 22.7 Å². The summed E-state index contributed by atoms with van der Waals surface area (Å²) in [6.07, 6.45) is 0. The number of methoxy groups -OCH3 is 1. The fourth-order valence-corrected chi connectivity index (χ4v) is 2.52. The quantitative estimate of drug-likeness (QED) is 0.840. The first-order chi connectivity index (χ1) is 9.01. The Balaban J connectivity index is 2.10. The van der Waals surface area contributed by atoms with Crippen LogP contribution in [0.2, 0.25) is 0 Å². The van der Waals surface area contributed by atoms with Crippen molar-refractivity contribution in [3.05, 3.63) is 28.2 Å². The highest BCUT2D eigenvalue weighted by atomic mass is 79.9. The molecule has 5 nitrogen and oxygen atoms in total. The van der Waals surface area contributed by atoms with Gasteiger partial charge < -0.3 is 14.5 Å². The molecule has 0 saturated carbocycles. The molecule has 1 aliphatic rings. The molecule has 1 heterocycles. The number of benzene rings is 1. The second-order valence-corrected chi connectivity index (χ2v) is 5.32. The second-order valence-electron chi connectivity index (χ2n) is 4.47. The predicted molar refractivity (Wildman–Crippen MR) is 73.7 cm³/mol. The van der Waals surface area contributed by atoms with E-state index in [1.165, 1.54) is 4.90 Å². The number of nitrogens with zero attached hydrogens (tertiary/aromatic N) is 2. The molecule has 0 aliphatic carbocycles. The number of carbonyl (C=O) groups is 2. The van der Waals surface area contributed by atoms with Crippen molar-refractivity contribution in [3.63, 3.8) is 0 Å². The minimum absolute atomic E-state index is 0.0333. The fraction of sp³-hybridized carbons (Fsp3) is 0.385. The first-order valence-corrected chi connectivity index (χ1v) is 6.64. The normalized spacial score (nSPS) is 15.9. The lowest BCUT2D eigenvalue weighted by atomic mass is 10.2. The summed E-state index contributed by atoms with van der Waals surface area (Å²) in [4.78, 5) is 26.5. The Hall–Kier alpha value is -1.56. The van der Waals surface area contributed by atoms with Gasteiger partial charge >= 0.3 is 0 Å². The fourth-order valence-electron chi connectivity index (χ4n) is 1.94. The third-order valence-corrected chi connectivity index (χ3v) is 3.69. The average Bonchev–Trinajstić information content (AvgIpc) is 2.36. The summed E-state index contributed by atoms with van der Waals surface area (Å²) >= 11 is 3.41. The number of hydrogen-bond acceptors (Lipinski definition) is 3. The number of halogens is 1. The van der Waals surface area contributed by atoms with E-state index in [4.69, 9.17) is 4.74 Å². The molecule has 0 bridgehead atoms. The number of carbonyl (C=O) groups excluding carboxylic acids is 2. The molecule has 0 aromatic heterocycles. The third kappa shape index (κ3) is 3.07. The molecule has 1 saturated heterocycles. The molecule has 0 N–H and O–H groups in total. The Morgan fingerprint density at radius 3 is 2.63 bits per heavy atom. The molecule has 1 aromatic carbocycles. The number of piperazine rings is 1. The predicted octanol–water partition coefficient (Wildman–Crippen LogP) is 1.26. The van der Waals surface area contributed by atoms with E-state index in [0.29, 0.717) is 6.54 Å². The molecule has 0 atom stereocenters. The van der Waals surface area contributed by atoms with Crippen molar-refractivity contribution in [1.82, 2.24) is 9.80 Å². The number of likely N-dealkylation sites (N-methyl/N-ethyl adjacent to an activating group) is 1. The third-order valence-electron chi connectivity index (χ3n) is 3.07. The molecule has 102 valence electrons. The molecule has 0 spiro atoms. The van der Waals surface area contributed by atoms with Crippen molar-refractivity contribution < 1.29 is 14.3 Å². The lowest BCUT2D eigenvalue weighted by molar-refractivity contribution is -0.149. The molecular weight excluding hydrogens is 312 g/mol. The maximum absolute atomic E-state index is 11.9. The highest BCUT2D eigenvalue weighted by molar-refractivity contribution is 9.10. The molecular formula is C13H15BrN2O3. The topological polar surface area (TPSA) is 49.9 Å². The zero-order valence-corrected chi connectivity index (χ0v) is 12.4. The number of amides is 2. The smallest absolute Gasteiger partial charge is 0.242 e.